The molecule has 0 bridgehead atoms. The Bertz CT molecular complexity index is 464. The van der Waals surface area contributed by atoms with Crippen LogP contribution in [0.3, 0.4) is 0 Å². The van der Waals surface area contributed by atoms with Crippen LogP contribution < -0.4 is 0 Å². The summed E-state index contributed by atoms with van der Waals surface area (Å²) in [6.45, 7) is 5.26. The molecule has 0 saturated carbocycles. The average Bonchev–Trinajstić information content (AvgIpc) is 2.34. The highest BCUT2D eigenvalue weighted by Crippen LogP contribution is 2.16. The summed E-state index contributed by atoms with van der Waals surface area (Å²) in [7, 11) is 0. The van der Waals surface area contributed by atoms with Crippen molar-refractivity contribution in [3.05, 3.63) is 42.0 Å². The van der Waals surface area contributed by atoms with Gasteiger partial charge < -0.3 is 4.74 Å². The van der Waals surface area contributed by atoms with Gasteiger partial charge in [-0.3, -0.25) is 4.79 Å². The third-order valence-electron chi connectivity index (χ3n) is 2.24. The predicted molar refractivity (Wildman–Crippen MR) is 70.4 cm³/mol. The Balaban J connectivity index is 2.67. The maximum Gasteiger partial charge on any atom is 0.312 e. The number of rotatable bonds is 3. The van der Waals surface area contributed by atoms with Crippen molar-refractivity contribution in [1.82, 2.24) is 0 Å². The van der Waals surface area contributed by atoms with Gasteiger partial charge in [-0.2, -0.15) is 5.26 Å². The highest BCUT2D eigenvalue weighted by atomic mass is 16.5. The molecule has 1 rings (SSSR count). The number of benzene rings is 1. The van der Waals surface area contributed by atoms with Gasteiger partial charge in [0.05, 0.1) is 5.41 Å². The maximum atomic E-state index is 11.6. The first-order valence-electron chi connectivity index (χ1n) is 5.77. The van der Waals surface area contributed by atoms with Crippen LogP contribution >= 0.6 is 0 Å². The second kappa shape index (κ2) is 6.02. The molecule has 0 aliphatic rings. The summed E-state index contributed by atoms with van der Waals surface area (Å²) in [6, 6.07) is 11.5. The van der Waals surface area contributed by atoms with Gasteiger partial charge in [-0.15, -0.1) is 0 Å². The molecule has 0 fully saturated rings. The van der Waals surface area contributed by atoms with E-state index in [2.05, 4.69) is 0 Å². The van der Waals surface area contributed by atoms with Gasteiger partial charge >= 0.3 is 5.97 Å². The van der Waals surface area contributed by atoms with E-state index < -0.39 is 11.5 Å². The molecule has 0 amide bonds. The summed E-state index contributed by atoms with van der Waals surface area (Å²) in [6.07, 6.45) is 2.50. The van der Waals surface area contributed by atoms with Crippen LogP contribution in [0.1, 0.15) is 26.3 Å². The van der Waals surface area contributed by atoms with E-state index in [4.69, 9.17) is 10.00 Å². The van der Waals surface area contributed by atoms with E-state index in [0.29, 0.717) is 0 Å². The van der Waals surface area contributed by atoms with Crippen molar-refractivity contribution in [1.29, 1.82) is 5.26 Å². The second-order valence-electron chi connectivity index (χ2n) is 4.97. The minimum atomic E-state index is -0.850. The summed E-state index contributed by atoms with van der Waals surface area (Å²) in [5, 5.41) is 8.94. The lowest BCUT2D eigenvalue weighted by Gasteiger charge is -2.17. The van der Waals surface area contributed by atoms with E-state index in [1.165, 1.54) is 0 Å². The molecule has 0 N–H and O–H groups in total. The average molecular weight is 243 g/mol. The molecular weight excluding hydrogens is 226 g/mol. The van der Waals surface area contributed by atoms with E-state index in [1.807, 2.05) is 36.4 Å². The Morgan fingerprint density at radius 3 is 2.44 bits per heavy atom. The van der Waals surface area contributed by atoms with Crippen molar-refractivity contribution in [2.75, 3.05) is 0 Å². The van der Waals surface area contributed by atoms with E-state index in [1.54, 1.807) is 32.9 Å². The summed E-state index contributed by atoms with van der Waals surface area (Å²) in [5.41, 5.74) is 0.361. The van der Waals surface area contributed by atoms with E-state index in [0.717, 1.165) is 5.56 Å². The van der Waals surface area contributed by atoms with Gasteiger partial charge in [0.15, 0.2) is 0 Å². The zero-order valence-corrected chi connectivity index (χ0v) is 10.9. The van der Waals surface area contributed by atoms with Crippen LogP contribution in [0.5, 0.6) is 0 Å². The van der Waals surface area contributed by atoms with Crippen LogP contribution in [0.25, 0.3) is 6.08 Å². The van der Waals surface area contributed by atoms with Gasteiger partial charge in [0, 0.05) is 0 Å². The lowest BCUT2D eigenvalue weighted by molar-refractivity contribution is -0.154. The number of carbonyl (C=O) groups is 1. The molecule has 0 spiro atoms. The number of nitriles is 1. The molecule has 1 atom stereocenters. The molecule has 0 radical (unpaired) electrons. The fraction of sp³-hybridized carbons (Fsp3) is 0.333. The Labute approximate surface area is 108 Å². The minimum absolute atomic E-state index is 0.383. The zero-order chi connectivity index (χ0) is 13.6. The van der Waals surface area contributed by atoms with Crippen LogP contribution in [0.15, 0.2) is 36.4 Å². The van der Waals surface area contributed by atoms with E-state index in [9.17, 15) is 4.79 Å². The van der Waals surface area contributed by atoms with Crippen molar-refractivity contribution in [3.63, 3.8) is 0 Å². The standard InChI is InChI=1S/C15H17NO2/c1-15(2,3)14(17)18-13(11-16)10-9-12-7-5-4-6-8-12/h4-10,13H,1-3H3/b10-9+/t13-/m0/s1. The van der Waals surface area contributed by atoms with Crippen LogP contribution in [0.4, 0.5) is 0 Å². The highest BCUT2D eigenvalue weighted by Gasteiger charge is 2.25. The number of ether oxygens (including phenoxy) is 1. The summed E-state index contributed by atoms with van der Waals surface area (Å²) in [5.74, 6) is -0.383. The topological polar surface area (TPSA) is 50.1 Å². The number of nitrogens with zero attached hydrogens (tertiary/aromatic N) is 1. The number of esters is 1. The SMILES string of the molecule is CC(C)(C)C(=O)O[C@H](C#N)/C=C/c1ccccc1. The lowest BCUT2D eigenvalue weighted by atomic mass is 9.97. The van der Waals surface area contributed by atoms with E-state index in [-0.39, 0.29) is 5.97 Å². The first-order chi connectivity index (χ1) is 8.43. The summed E-state index contributed by atoms with van der Waals surface area (Å²) < 4.78 is 5.10. The Hall–Kier alpha value is -2.08. The zero-order valence-electron chi connectivity index (χ0n) is 10.9. The quantitative estimate of drug-likeness (QED) is 0.766. The normalized spacial score (nSPS) is 13.0. The Morgan fingerprint density at radius 1 is 1.33 bits per heavy atom. The third-order valence-corrected chi connectivity index (χ3v) is 2.24. The minimum Gasteiger partial charge on any atom is -0.442 e. The van der Waals surface area contributed by atoms with E-state index >= 15 is 0 Å². The molecule has 0 unspecified atom stereocenters. The van der Waals surface area contributed by atoms with Crippen molar-refractivity contribution in [2.24, 2.45) is 5.41 Å². The fourth-order valence-electron chi connectivity index (χ4n) is 1.16. The molecule has 18 heavy (non-hydrogen) atoms. The van der Waals surface area contributed by atoms with Crippen molar-refractivity contribution < 1.29 is 9.53 Å². The molecular formula is C15H17NO2. The summed E-state index contributed by atoms with van der Waals surface area (Å²) >= 11 is 0. The van der Waals surface area contributed by atoms with Crippen LogP contribution in [-0.4, -0.2) is 12.1 Å². The Kier molecular flexibility index (Phi) is 4.67. The van der Waals surface area contributed by atoms with Crippen LogP contribution in [0.2, 0.25) is 0 Å². The monoisotopic (exact) mass is 243 g/mol. The van der Waals surface area contributed by atoms with Crippen LogP contribution in [-0.2, 0) is 9.53 Å². The molecule has 0 saturated heterocycles. The number of hydrogen-bond donors (Lipinski definition) is 0. The van der Waals surface area contributed by atoms with Gasteiger partial charge in [0.25, 0.3) is 0 Å². The largest absolute Gasteiger partial charge is 0.442 e. The van der Waals surface area contributed by atoms with Gasteiger partial charge in [-0.25, -0.2) is 0 Å². The molecule has 0 aliphatic heterocycles. The molecule has 1 aromatic carbocycles. The molecule has 0 aromatic heterocycles. The highest BCUT2D eigenvalue weighted by molar-refractivity contribution is 5.76. The molecule has 0 heterocycles. The van der Waals surface area contributed by atoms with Gasteiger partial charge in [-0.05, 0) is 32.4 Å². The predicted octanol–water partition coefficient (Wildman–Crippen LogP) is 3.18. The van der Waals surface area contributed by atoms with Crippen molar-refractivity contribution in [2.45, 2.75) is 26.9 Å². The first kappa shape index (κ1) is 14.0. The molecule has 0 aliphatic carbocycles. The maximum absolute atomic E-state index is 11.6. The Morgan fingerprint density at radius 2 is 1.94 bits per heavy atom. The van der Waals surface area contributed by atoms with Gasteiger partial charge in [0.1, 0.15) is 6.07 Å². The van der Waals surface area contributed by atoms with Gasteiger partial charge in [-0.1, -0.05) is 36.4 Å². The second-order valence-corrected chi connectivity index (χ2v) is 4.97. The fourth-order valence-corrected chi connectivity index (χ4v) is 1.16. The number of hydrogen-bond acceptors (Lipinski definition) is 3. The smallest absolute Gasteiger partial charge is 0.312 e. The first-order valence-corrected chi connectivity index (χ1v) is 5.77. The van der Waals surface area contributed by atoms with Gasteiger partial charge in [0.2, 0.25) is 6.10 Å². The molecule has 1 aromatic rings. The summed E-state index contributed by atoms with van der Waals surface area (Å²) in [4.78, 5) is 11.6. The third kappa shape index (κ3) is 4.42. The number of carbonyl (C=O) groups excluding carboxylic acids is 1. The lowest BCUT2D eigenvalue weighted by Crippen LogP contribution is -2.26. The molecule has 94 valence electrons. The molecule has 3 nitrogen and oxygen atoms in total. The molecule has 3 heteroatoms. The van der Waals surface area contributed by atoms with Crippen molar-refractivity contribution in [3.8, 4) is 6.07 Å². The van der Waals surface area contributed by atoms with Crippen LogP contribution in [0, 0.1) is 16.7 Å². The van der Waals surface area contributed by atoms with Crippen molar-refractivity contribution >= 4 is 12.0 Å².